The van der Waals surface area contributed by atoms with E-state index in [-0.39, 0.29) is 75.7 Å². The number of anilines is 12. The van der Waals surface area contributed by atoms with Crippen molar-refractivity contribution in [3.63, 3.8) is 0 Å². The van der Waals surface area contributed by atoms with Crippen molar-refractivity contribution in [2.45, 2.75) is 26.2 Å². The number of nitrogens with zero attached hydrogens (tertiary/aromatic N) is 15. The van der Waals surface area contributed by atoms with Gasteiger partial charge in [-0.2, -0.15) is 59.8 Å². The second-order valence-electron chi connectivity index (χ2n) is 16.4. The molecular formula is C46H60N24O8. The van der Waals surface area contributed by atoms with Gasteiger partial charge in [-0.15, -0.1) is 0 Å². The summed E-state index contributed by atoms with van der Waals surface area (Å²) in [6.45, 7) is 1.61. The minimum absolute atomic E-state index is 0.0444. The summed E-state index contributed by atoms with van der Waals surface area (Å²) < 4.78 is 0. The SMILES string of the molecule is CN(C)c1nc(N)nc(NCc2ccc(O)c(O)c2)n1.CN(Cc1ccc(O)c(O)c1)c1nc(N)nc(N)n1.CNc1nc(N)nc(N(C)Cc2ccc(O)c(O)c2)n1.CNc1nc(N)nc(NCc2ccc(O)c(O)c2)n1. The number of aromatic nitrogens is 12. The van der Waals surface area contributed by atoms with E-state index in [0.29, 0.717) is 67.8 Å². The number of nitrogens with two attached hydrogens (primary N) is 5. The molecular weight excluding hydrogens is 1020 g/mol. The van der Waals surface area contributed by atoms with Crippen LogP contribution in [-0.2, 0) is 26.2 Å². The topological polar surface area (TPSA) is 504 Å². The predicted molar refractivity (Wildman–Crippen MR) is 293 cm³/mol. The zero-order chi connectivity index (χ0) is 57.2. The molecule has 0 atom stereocenters. The number of aromatic hydroxyl groups is 8. The Morgan fingerprint density at radius 3 is 1.03 bits per heavy atom. The van der Waals surface area contributed by atoms with E-state index in [0.717, 1.165) is 22.3 Å². The lowest BCUT2D eigenvalue weighted by Gasteiger charge is -2.18. The lowest BCUT2D eigenvalue weighted by molar-refractivity contribution is 0.403. The van der Waals surface area contributed by atoms with Gasteiger partial charge in [0.2, 0.25) is 71.4 Å². The summed E-state index contributed by atoms with van der Waals surface area (Å²) >= 11 is 0. The molecule has 0 aliphatic heterocycles. The third kappa shape index (κ3) is 17.6. The second-order valence-corrected chi connectivity index (χ2v) is 16.4. The van der Waals surface area contributed by atoms with Crippen molar-refractivity contribution in [1.29, 1.82) is 0 Å². The fraction of sp³-hybridized carbons (Fsp3) is 0.217. The zero-order valence-corrected chi connectivity index (χ0v) is 42.9. The fourth-order valence-corrected chi connectivity index (χ4v) is 6.22. The first kappa shape index (κ1) is 57.8. The van der Waals surface area contributed by atoms with Gasteiger partial charge in [-0.25, -0.2) is 0 Å². The van der Waals surface area contributed by atoms with Crippen molar-refractivity contribution in [2.24, 2.45) is 0 Å². The van der Waals surface area contributed by atoms with E-state index in [4.69, 9.17) is 28.7 Å². The lowest BCUT2D eigenvalue weighted by atomic mass is 10.2. The van der Waals surface area contributed by atoms with Crippen LogP contribution in [0.5, 0.6) is 46.0 Å². The average molecular weight is 1080 g/mol. The van der Waals surface area contributed by atoms with Crippen molar-refractivity contribution in [3.8, 4) is 46.0 Å². The molecule has 78 heavy (non-hydrogen) atoms. The van der Waals surface area contributed by atoms with E-state index in [1.807, 2.05) is 0 Å². The van der Waals surface area contributed by atoms with Gasteiger partial charge in [0.1, 0.15) is 0 Å². The summed E-state index contributed by atoms with van der Waals surface area (Å²) in [6, 6.07) is 18.3. The minimum Gasteiger partial charge on any atom is -0.504 e. The molecule has 0 aliphatic carbocycles. The van der Waals surface area contributed by atoms with Crippen LogP contribution in [0.15, 0.2) is 72.8 Å². The third-order valence-electron chi connectivity index (χ3n) is 10.0. The predicted octanol–water partition coefficient (Wildman–Crippen LogP) is 1.69. The molecule has 8 rings (SSSR count). The molecule has 0 unspecified atom stereocenters. The molecule has 4 aromatic carbocycles. The van der Waals surface area contributed by atoms with Gasteiger partial charge >= 0.3 is 0 Å². The summed E-state index contributed by atoms with van der Waals surface area (Å²) in [5, 5.41) is 86.1. The monoisotopic (exact) mass is 1080 g/mol. The maximum absolute atomic E-state index is 9.47. The fourth-order valence-electron chi connectivity index (χ4n) is 6.22. The Hall–Kier alpha value is -11.1. The largest absolute Gasteiger partial charge is 0.504 e. The highest BCUT2D eigenvalue weighted by atomic mass is 16.3. The number of phenols is 8. The van der Waals surface area contributed by atoms with E-state index in [2.05, 4.69) is 81.1 Å². The first-order valence-electron chi connectivity index (χ1n) is 22.8. The molecule has 412 valence electrons. The molecule has 0 saturated carbocycles. The van der Waals surface area contributed by atoms with E-state index >= 15 is 0 Å². The van der Waals surface area contributed by atoms with Gasteiger partial charge in [0.15, 0.2) is 46.0 Å². The average Bonchev–Trinajstić information content (AvgIpc) is 3.39. The van der Waals surface area contributed by atoms with E-state index < -0.39 is 0 Å². The van der Waals surface area contributed by atoms with Crippen LogP contribution in [0, 0.1) is 0 Å². The van der Waals surface area contributed by atoms with Crippen molar-refractivity contribution >= 4 is 71.4 Å². The molecule has 0 aliphatic rings. The molecule has 0 amide bonds. The van der Waals surface area contributed by atoms with Gasteiger partial charge in [0.05, 0.1) is 0 Å². The molecule has 4 aromatic heterocycles. The normalized spacial score (nSPS) is 10.3. The Balaban J connectivity index is 0.000000192. The van der Waals surface area contributed by atoms with Gasteiger partial charge in [0.25, 0.3) is 0 Å². The van der Waals surface area contributed by atoms with Gasteiger partial charge in [-0.1, -0.05) is 24.3 Å². The van der Waals surface area contributed by atoms with E-state index in [1.54, 1.807) is 81.3 Å². The number of nitrogens with one attached hydrogen (secondary N) is 4. The zero-order valence-electron chi connectivity index (χ0n) is 42.9. The number of hydrogen-bond acceptors (Lipinski definition) is 32. The highest BCUT2D eigenvalue weighted by Crippen LogP contribution is 2.29. The molecule has 32 heteroatoms. The molecule has 0 bridgehead atoms. The first-order chi connectivity index (χ1) is 37.0. The Labute approximate surface area is 445 Å². The summed E-state index contributed by atoms with van der Waals surface area (Å²) in [5.74, 6) is 1.72. The molecule has 32 nitrogen and oxygen atoms in total. The molecule has 4 heterocycles. The maximum atomic E-state index is 9.47. The van der Waals surface area contributed by atoms with Gasteiger partial charge < -0.3 is 105 Å². The molecule has 8 aromatic rings. The number of phenolic OH excluding ortho intramolecular Hbond substituents is 8. The molecule has 0 fully saturated rings. The highest BCUT2D eigenvalue weighted by Gasteiger charge is 2.13. The summed E-state index contributed by atoms with van der Waals surface area (Å²) in [5.41, 5.74) is 30.8. The number of hydrogen-bond donors (Lipinski definition) is 17. The van der Waals surface area contributed by atoms with E-state index in [9.17, 15) is 40.9 Å². The summed E-state index contributed by atoms with van der Waals surface area (Å²) in [7, 11) is 10.5. The number of rotatable bonds is 15. The van der Waals surface area contributed by atoms with Crippen LogP contribution < -0.4 is 64.6 Å². The lowest BCUT2D eigenvalue weighted by Crippen LogP contribution is -2.20. The summed E-state index contributed by atoms with van der Waals surface area (Å²) in [4.78, 5) is 52.9. The van der Waals surface area contributed by atoms with Crippen molar-refractivity contribution < 1.29 is 40.9 Å². The first-order valence-corrected chi connectivity index (χ1v) is 22.8. The Morgan fingerprint density at radius 1 is 0.346 bits per heavy atom. The molecule has 0 radical (unpaired) electrons. The van der Waals surface area contributed by atoms with Crippen LogP contribution in [0.25, 0.3) is 0 Å². The molecule has 0 saturated heterocycles. The van der Waals surface area contributed by atoms with Crippen LogP contribution in [0.4, 0.5) is 71.4 Å². The Kier molecular flexibility index (Phi) is 19.8. The smallest absolute Gasteiger partial charge is 0.231 e. The van der Waals surface area contributed by atoms with Crippen LogP contribution in [0.2, 0.25) is 0 Å². The van der Waals surface area contributed by atoms with Crippen LogP contribution in [-0.4, -0.2) is 143 Å². The van der Waals surface area contributed by atoms with Crippen LogP contribution in [0.1, 0.15) is 22.3 Å². The van der Waals surface area contributed by atoms with Gasteiger partial charge in [0, 0.05) is 68.5 Å². The van der Waals surface area contributed by atoms with Crippen molar-refractivity contribution in [3.05, 3.63) is 95.1 Å². The maximum Gasteiger partial charge on any atom is 0.231 e. The van der Waals surface area contributed by atoms with Crippen molar-refractivity contribution in [1.82, 2.24) is 59.8 Å². The number of nitrogen functional groups attached to an aromatic ring is 5. The minimum atomic E-state index is -0.180. The second kappa shape index (κ2) is 26.7. The molecule has 22 N–H and O–H groups in total. The Bertz CT molecular complexity index is 3270. The third-order valence-corrected chi connectivity index (χ3v) is 10.0. The number of benzene rings is 4. The van der Waals surface area contributed by atoms with Crippen LogP contribution in [0.3, 0.4) is 0 Å². The quantitative estimate of drug-likeness (QED) is 0.0649. The highest BCUT2D eigenvalue weighted by molar-refractivity contribution is 5.48. The van der Waals surface area contributed by atoms with Gasteiger partial charge in [-0.05, 0) is 70.8 Å². The van der Waals surface area contributed by atoms with Crippen molar-refractivity contribution in [2.75, 3.05) is 107 Å². The summed E-state index contributed by atoms with van der Waals surface area (Å²) in [6.07, 6.45) is 0. The van der Waals surface area contributed by atoms with Crippen LogP contribution >= 0.6 is 0 Å². The Morgan fingerprint density at radius 2 is 0.641 bits per heavy atom. The van der Waals surface area contributed by atoms with E-state index in [1.165, 1.54) is 48.5 Å². The standard InChI is InChI=1S/2C12H16N6O2.2C11H14N6O2/c1-18(2)12-16-10(13)15-11(17-12)14-6-7-3-4-8(19)9(20)5-7;1-14-11-15-10(13)16-12(17-11)18(2)6-7-3-4-8(19)9(20)5-7;1-17(11-15-9(12)14-10(13)16-11)5-6-2-3-7(18)8(19)4-6;1-13-10-15-9(12)16-11(17-10)14-5-6-2-3-7(18)8(19)4-6/h2*3-5,19-20H,6H2,1-2H3,(H3,13,14,15,16,17);2-4,18-19H,5H2,1H3,(H4,12,13,14,15,16);2-4,18-19H,5H2,1H3,(H4,12,13,14,15,16,17). The molecule has 0 spiro atoms. The van der Waals surface area contributed by atoms with Gasteiger partial charge in [-0.3, -0.25) is 0 Å².